The standard InChI is InChI=1S/C17H15FIN3O3/c18-13-8-12(19)2-1-11(13)7-14-17(15(24)9-25-6-5-23)21-16-3-4-20-10-22(14)16/h1-4,8,10,23H,5-7,9H2. The normalized spacial score (nSPS) is 11.2. The summed E-state index contributed by atoms with van der Waals surface area (Å²) in [6.45, 7) is -0.287. The van der Waals surface area contributed by atoms with Gasteiger partial charge in [-0.05, 0) is 46.4 Å². The first-order valence-electron chi connectivity index (χ1n) is 7.57. The molecule has 0 saturated carbocycles. The Balaban J connectivity index is 1.99. The second kappa shape index (κ2) is 7.98. The fourth-order valence-corrected chi connectivity index (χ4v) is 2.94. The SMILES string of the molecule is O=C(COCCO)c1nc2ccncn2c1Cc1ccc(I)cc1F. The van der Waals surface area contributed by atoms with E-state index in [2.05, 4.69) is 9.97 Å². The third-order valence-electron chi connectivity index (χ3n) is 3.64. The number of carbonyl (C=O) groups is 1. The van der Waals surface area contributed by atoms with Gasteiger partial charge in [0, 0.05) is 16.2 Å². The molecule has 3 rings (SSSR count). The predicted molar refractivity (Wildman–Crippen MR) is 97.1 cm³/mol. The number of halogens is 2. The van der Waals surface area contributed by atoms with Gasteiger partial charge < -0.3 is 9.84 Å². The summed E-state index contributed by atoms with van der Waals surface area (Å²) in [6.07, 6.45) is 3.33. The van der Waals surface area contributed by atoms with E-state index in [1.54, 1.807) is 29.1 Å². The van der Waals surface area contributed by atoms with Crippen LogP contribution in [0.3, 0.4) is 0 Å². The van der Waals surface area contributed by atoms with Crippen LogP contribution in [0.25, 0.3) is 5.65 Å². The molecule has 0 fully saturated rings. The average Bonchev–Trinajstić information content (AvgIpc) is 2.96. The van der Waals surface area contributed by atoms with Gasteiger partial charge >= 0.3 is 0 Å². The van der Waals surface area contributed by atoms with Crippen molar-refractivity contribution >= 4 is 34.0 Å². The fraction of sp³-hybridized carbons (Fsp3) is 0.235. The third kappa shape index (κ3) is 4.02. The van der Waals surface area contributed by atoms with Crippen LogP contribution in [-0.2, 0) is 11.2 Å². The van der Waals surface area contributed by atoms with Gasteiger partial charge in [0.15, 0.2) is 0 Å². The molecule has 0 aliphatic heterocycles. The largest absolute Gasteiger partial charge is 0.394 e. The van der Waals surface area contributed by atoms with Crippen LogP contribution in [0.15, 0.2) is 36.8 Å². The summed E-state index contributed by atoms with van der Waals surface area (Å²) in [5.74, 6) is -0.654. The van der Waals surface area contributed by atoms with Gasteiger partial charge in [0.1, 0.15) is 30.1 Å². The highest BCUT2D eigenvalue weighted by molar-refractivity contribution is 14.1. The number of imidazole rings is 1. The Bertz CT molecular complexity index is 913. The Labute approximate surface area is 156 Å². The van der Waals surface area contributed by atoms with Crippen molar-refractivity contribution in [1.82, 2.24) is 14.4 Å². The molecule has 0 amide bonds. The van der Waals surface area contributed by atoms with Crippen molar-refractivity contribution in [2.75, 3.05) is 19.8 Å². The molecule has 8 heteroatoms. The van der Waals surface area contributed by atoms with Crippen molar-refractivity contribution < 1.29 is 19.0 Å². The molecular formula is C17H15FIN3O3. The van der Waals surface area contributed by atoms with E-state index in [1.165, 1.54) is 6.07 Å². The first-order valence-corrected chi connectivity index (χ1v) is 8.64. The van der Waals surface area contributed by atoms with E-state index in [1.807, 2.05) is 28.7 Å². The molecule has 1 N–H and O–H groups in total. The Morgan fingerprint density at radius 3 is 2.96 bits per heavy atom. The Hall–Kier alpha value is -1.91. The van der Waals surface area contributed by atoms with Gasteiger partial charge in [0.05, 0.1) is 18.9 Å². The monoisotopic (exact) mass is 455 g/mol. The smallest absolute Gasteiger partial charge is 0.208 e. The van der Waals surface area contributed by atoms with E-state index in [0.717, 1.165) is 3.57 Å². The first kappa shape index (κ1) is 17.9. The van der Waals surface area contributed by atoms with E-state index < -0.39 is 0 Å². The molecule has 0 unspecified atom stereocenters. The molecule has 3 aromatic rings. The zero-order valence-corrected chi connectivity index (χ0v) is 15.3. The minimum atomic E-state index is -0.333. The summed E-state index contributed by atoms with van der Waals surface area (Å²) in [5.41, 5.74) is 1.81. The highest BCUT2D eigenvalue weighted by Gasteiger charge is 2.20. The highest BCUT2D eigenvalue weighted by Crippen LogP contribution is 2.20. The van der Waals surface area contributed by atoms with Gasteiger partial charge in [0.2, 0.25) is 5.78 Å². The molecule has 0 spiro atoms. The third-order valence-corrected chi connectivity index (χ3v) is 4.31. The molecule has 0 radical (unpaired) electrons. The maximum absolute atomic E-state index is 14.2. The van der Waals surface area contributed by atoms with Crippen LogP contribution in [0.5, 0.6) is 0 Å². The van der Waals surface area contributed by atoms with Crippen molar-refractivity contribution in [2.24, 2.45) is 0 Å². The number of Topliss-reactive ketones (excluding diaryl/α,β-unsaturated/α-hetero) is 1. The molecule has 0 aliphatic carbocycles. The maximum Gasteiger partial charge on any atom is 0.208 e. The number of hydrogen-bond acceptors (Lipinski definition) is 5. The zero-order chi connectivity index (χ0) is 17.8. The predicted octanol–water partition coefficient (Wildman–Crippen LogP) is 2.26. The number of fused-ring (bicyclic) bond motifs is 1. The van der Waals surface area contributed by atoms with Crippen LogP contribution in [0, 0.1) is 9.39 Å². The summed E-state index contributed by atoms with van der Waals surface area (Å²) in [5, 5.41) is 8.76. The Morgan fingerprint density at radius 2 is 2.20 bits per heavy atom. The summed E-state index contributed by atoms with van der Waals surface area (Å²) in [6, 6.07) is 6.64. The lowest BCUT2D eigenvalue weighted by Crippen LogP contribution is -2.14. The Morgan fingerprint density at radius 1 is 1.36 bits per heavy atom. The van der Waals surface area contributed by atoms with Crippen molar-refractivity contribution in [3.63, 3.8) is 0 Å². The second-order valence-electron chi connectivity index (χ2n) is 5.33. The molecule has 0 aliphatic rings. The summed E-state index contributed by atoms with van der Waals surface area (Å²) in [7, 11) is 0. The zero-order valence-electron chi connectivity index (χ0n) is 13.2. The molecular weight excluding hydrogens is 440 g/mol. The van der Waals surface area contributed by atoms with E-state index in [9.17, 15) is 9.18 Å². The highest BCUT2D eigenvalue weighted by atomic mass is 127. The average molecular weight is 455 g/mol. The van der Waals surface area contributed by atoms with E-state index >= 15 is 0 Å². The number of ether oxygens (including phenoxy) is 1. The second-order valence-corrected chi connectivity index (χ2v) is 6.57. The van der Waals surface area contributed by atoms with Crippen LogP contribution in [0.1, 0.15) is 21.7 Å². The number of ketones is 1. The van der Waals surface area contributed by atoms with Crippen molar-refractivity contribution in [3.8, 4) is 0 Å². The van der Waals surface area contributed by atoms with Gasteiger partial charge in [-0.1, -0.05) is 6.07 Å². The van der Waals surface area contributed by atoms with Crippen LogP contribution in [-0.4, -0.2) is 45.1 Å². The van der Waals surface area contributed by atoms with Gasteiger partial charge in [-0.3, -0.25) is 9.20 Å². The molecule has 1 aromatic carbocycles. The quantitative estimate of drug-likeness (QED) is 0.336. The minimum Gasteiger partial charge on any atom is -0.394 e. The Kier molecular flexibility index (Phi) is 5.71. The number of nitrogens with zero attached hydrogens (tertiary/aromatic N) is 3. The molecule has 130 valence electrons. The number of aliphatic hydroxyl groups is 1. The topological polar surface area (TPSA) is 76.7 Å². The van der Waals surface area contributed by atoms with Gasteiger partial charge in [0.25, 0.3) is 0 Å². The molecule has 0 bridgehead atoms. The number of hydrogen-bond donors (Lipinski definition) is 1. The lowest BCUT2D eigenvalue weighted by atomic mass is 10.1. The number of aromatic nitrogens is 3. The summed E-state index contributed by atoms with van der Waals surface area (Å²) >= 11 is 2.04. The van der Waals surface area contributed by atoms with E-state index in [-0.39, 0.29) is 43.5 Å². The van der Waals surface area contributed by atoms with Crippen LogP contribution in [0.4, 0.5) is 4.39 Å². The fourth-order valence-electron chi connectivity index (χ4n) is 2.48. The lowest BCUT2D eigenvalue weighted by molar-refractivity contribution is 0.0659. The molecule has 25 heavy (non-hydrogen) atoms. The summed E-state index contributed by atoms with van der Waals surface area (Å²) in [4.78, 5) is 20.8. The van der Waals surface area contributed by atoms with Crippen molar-refractivity contribution in [1.29, 1.82) is 0 Å². The molecule has 6 nitrogen and oxygen atoms in total. The number of benzene rings is 1. The minimum absolute atomic E-state index is 0.0712. The van der Waals surface area contributed by atoms with Crippen LogP contribution < -0.4 is 0 Å². The van der Waals surface area contributed by atoms with Crippen molar-refractivity contribution in [2.45, 2.75) is 6.42 Å². The van der Waals surface area contributed by atoms with E-state index in [0.29, 0.717) is 16.9 Å². The first-order chi connectivity index (χ1) is 12.1. The molecule has 0 atom stereocenters. The number of aliphatic hydroxyl groups excluding tert-OH is 1. The summed E-state index contributed by atoms with van der Waals surface area (Å²) < 4.78 is 21.8. The van der Waals surface area contributed by atoms with Gasteiger partial charge in [-0.2, -0.15) is 0 Å². The lowest BCUT2D eigenvalue weighted by Gasteiger charge is -2.07. The van der Waals surface area contributed by atoms with Crippen LogP contribution >= 0.6 is 22.6 Å². The molecule has 2 heterocycles. The molecule has 0 saturated heterocycles. The van der Waals surface area contributed by atoms with Crippen molar-refractivity contribution in [3.05, 3.63) is 63.1 Å². The van der Waals surface area contributed by atoms with Gasteiger partial charge in [-0.25, -0.2) is 14.4 Å². The number of rotatable bonds is 7. The molecule has 2 aromatic heterocycles. The maximum atomic E-state index is 14.2. The van der Waals surface area contributed by atoms with E-state index in [4.69, 9.17) is 9.84 Å². The number of carbonyl (C=O) groups excluding carboxylic acids is 1. The van der Waals surface area contributed by atoms with Gasteiger partial charge in [-0.15, -0.1) is 0 Å². The van der Waals surface area contributed by atoms with Crippen LogP contribution in [0.2, 0.25) is 0 Å².